The van der Waals surface area contributed by atoms with Crippen molar-refractivity contribution in [2.24, 2.45) is 0 Å². The van der Waals surface area contributed by atoms with Gasteiger partial charge in [-0.1, -0.05) is 0 Å². The number of aliphatic hydroxyl groups excluding tert-OH is 1. The number of carbonyl (C=O) groups excluding carboxylic acids is 1. The number of rotatable bonds is 4. The van der Waals surface area contributed by atoms with Crippen LogP contribution in [0.5, 0.6) is 0 Å². The number of amides is 2. The lowest BCUT2D eigenvalue weighted by atomic mass is 10.2. The summed E-state index contributed by atoms with van der Waals surface area (Å²) in [5.74, 6) is -1.78. The number of nitrogens with one attached hydrogen (secondary N) is 2. The number of anilines is 1. The molecule has 18 heavy (non-hydrogen) atoms. The molecule has 1 atom stereocenters. The van der Waals surface area contributed by atoms with Crippen molar-refractivity contribution in [3.63, 3.8) is 0 Å². The van der Waals surface area contributed by atoms with Gasteiger partial charge in [0.25, 0.3) is 0 Å². The number of benzene rings is 1. The summed E-state index contributed by atoms with van der Waals surface area (Å²) in [7, 11) is 0. The first-order valence-corrected chi connectivity index (χ1v) is 5.11. The highest BCUT2D eigenvalue weighted by Gasteiger charge is 2.18. The average molecular weight is 256 g/mol. The lowest BCUT2D eigenvalue weighted by Gasteiger charge is -2.13. The Bertz CT molecular complexity index is 464. The van der Waals surface area contributed by atoms with Crippen LogP contribution in [0.15, 0.2) is 18.2 Å². The van der Waals surface area contributed by atoms with Gasteiger partial charge in [-0.3, -0.25) is 0 Å². The maximum absolute atomic E-state index is 12.8. The van der Waals surface area contributed by atoms with E-state index in [1.54, 1.807) is 6.92 Å². The highest BCUT2D eigenvalue weighted by molar-refractivity contribution is 5.92. The summed E-state index contributed by atoms with van der Waals surface area (Å²) < 4.78 is 12.8. The molecule has 1 aromatic rings. The molecule has 6 nitrogen and oxygen atoms in total. The normalized spacial score (nSPS) is 11.7. The predicted molar refractivity (Wildman–Crippen MR) is 61.8 cm³/mol. The lowest BCUT2D eigenvalue weighted by molar-refractivity contribution is -0.140. The van der Waals surface area contributed by atoms with Gasteiger partial charge in [0.05, 0.1) is 6.61 Å². The smallest absolute Gasteiger partial charge is 0.328 e. The van der Waals surface area contributed by atoms with E-state index in [0.717, 1.165) is 0 Å². The first-order chi connectivity index (χ1) is 8.43. The molecule has 0 aliphatic carbocycles. The molecule has 1 aromatic carbocycles. The highest BCUT2D eigenvalue weighted by atomic mass is 19.1. The Labute approximate surface area is 102 Å². The fourth-order valence-corrected chi connectivity index (χ4v) is 1.27. The first-order valence-electron chi connectivity index (χ1n) is 5.11. The summed E-state index contributed by atoms with van der Waals surface area (Å²) >= 11 is 0. The van der Waals surface area contributed by atoms with Crippen LogP contribution in [-0.4, -0.2) is 34.9 Å². The molecule has 0 radical (unpaired) electrons. The van der Waals surface area contributed by atoms with E-state index >= 15 is 0 Å². The van der Waals surface area contributed by atoms with Crippen molar-refractivity contribution in [2.75, 3.05) is 11.9 Å². The number of aryl methyl sites for hydroxylation is 1. The van der Waals surface area contributed by atoms with Gasteiger partial charge in [-0.25, -0.2) is 14.0 Å². The number of aliphatic carboxylic acids is 1. The Balaban J connectivity index is 2.67. The Morgan fingerprint density at radius 1 is 1.44 bits per heavy atom. The molecule has 0 aromatic heterocycles. The summed E-state index contributed by atoms with van der Waals surface area (Å²) in [4.78, 5) is 22.0. The number of hydrogen-bond acceptors (Lipinski definition) is 3. The van der Waals surface area contributed by atoms with Gasteiger partial charge in [0.15, 0.2) is 6.04 Å². The van der Waals surface area contributed by atoms with Crippen molar-refractivity contribution in [3.8, 4) is 0 Å². The zero-order valence-corrected chi connectivity index (χ0v) is 9.61. The fourth-order valence-electron chi connectivity index (χ4n) is 1.27. The minimum absolute atomic E-state index is 0.357. The van der Waals surface area contributed by atoms with Crippen LogP contribution in [0.3, 0.4) is 0 Å². The van der Waals surface area contributed by atoms with Crippen LogP contribution in [-0.2, 0) is 4.79 Å². The van der Waals surface area contributed by atoms with Crippen LogP contribution in [0.2, 0.25) is 0 Å². The van der Waals surface area contributed by atoms with Crippen LogP contribution in [0.25, 0.3) is 0 Å². The second-order valence-electron chi connectivity index (χ2n) is 3.63. The maximum atomic E-state index is 12.8. The molecule has 0 bridgehead atoms. The van der Waals surface area contributed by atoms with Gasteiger partial charge < -0.3 is 20.8 Å². The summed E-state index contributed by atoms with van der Waals surface area (Å²) in [6.07, 6.45) is 0. The highest BCUT2D eigenvalue weighted by Crippen LogP contribution is 2.15. The summed E-state index contributed by atoms with van der Waals surface area (Å²) in [5.41, 5.74) is 0.858. The fraction of sp³-hybridized carbons (Fsp3) is 0.273. The SMILES string of the molecule is Cc1cc(F)ccc1NC(=O)N[C@@H](CO)C(=O)O. The third kappa shape index (κ3) is 3.70. The van der Waals surface area contributed by atoms with E-state index in [1.165, 1.54) is 18.2 Å². The topological polar surface area (TPSA) is 98.7 Å². The van der Waals surface area contributed by atoms with Gasteiger partial charge in [0, 0.05) is 5.69 Å². The minimum Gasteiger partial charge on any atom is -0.480 e. The molecular weight excluding hydrogens is 243 g/mol. The number of carbonyl (C=O) groups is 2. The van der Waals surface area contributed by atoms with Crippen LogP contribution in [0.1, 0.15) is 5.56 Å². The molecule has 1 rings (SSSR count). The van der Waals surface area contributed by atoms with Crippen molar-refractivity contribution in [2.45, 2.75) is 13.0 Å². The second-order valence-corrected chi connectivity index (χ2v) is 3.63. The Hall–Kier alpha value is -2.15. The van der Waals surface area contributed by atoms with E-state index < -0.39 is 30.5 Å². The third-order valence-corrected chi connectivity index (χ3v) is 2.22. The van der Waals surface area contributed by atoms with Crippen molar-refractivity contribution in [1.29, 1.82) is 0 Å². The average Bonchev–Trinajstić information content (AvgIpc) is 2.29. The van der Waals surface area contributed by atoms with E-state index in [2.05, 4.69) is 10.6 Å². The van der Waals surface area contributed by atoms with Gasteiger partial charge in [0.1, 0.15) is 5.82 Å². The molecule has 0 saturated heterocycles. The van der Waals surface area contributed by atoms with Crippen LogP contribution in [0, 0.1) is 12.7 Å². The van der Waals surface area contributed by atoms with Gasteiger partial charge in [-0.15, -0.1) is 0 Å². The van der Waals surface area contributed by atoms with Gasteiger partial charge in [0.2, 0.25) is 0 Å². The summed E-state index contributed by atoms with van der Waals surface area (Å²) in [6.45, 7) is 0.880. The number of carboxylic acids is 1. The van der Waals surface area contributed by atoms with Crippen molar-refractivity contribution in [1.82, 2.24) is 5.32 Å². The molecule has 0 aliphatic heterocycles. The third-order valence-electron chi connectivity index (χ3n) is 2.22. The van der Waals surface area contributed by atoms with Crippen LogP contribution < -0.4 is 10.6 Å². The Kier molecular flexibility index (Phi) is 4.61. The number of aliphatic hydroxyl groups is 1. The number of urea groups is 1. The zero-order chi connectivity index (χ0) is 13.7. The molecule has 0 unspecified atom stereocenters. The standard InChI is InChI=1S/C11H13FN2O4/c1-6-4-7(12)2-3-8(6)13-11(18)14-9(5-15)10(16)17/h2-4,9,15H,5H2,1H3,(H,16,17)(H2,13,14,18)/t9-/m0/s1. The van der Waals surface area contributed by atoms with E-state index in [0.29, 0.717) is 11.3 Å². The molecule has 98 valence electrons. The monoisotopic (exact) mass is 256 g/mol. The number of carboxylic acid groups (broad SMARTS) is 1. The van der Waals surface area contributed by atoms with Gasteiger partial charge >= 0.3 is 12.0 Å². The molecular formula is C11H13FN2O4. The van der Waals surface area contributed by atoms with E-state index in [9.17, 15) is 14.0 Å². The quantitative estimate of drug-likeness (QED) is 0.637. The Morgan fingerprint density at radius 2 is 2.11 bits per heavy atom. The predicted octanol–water partition coefficient (Wildman–Crippen LogP) is 0.701. The van der Waals surface area contributed by atoms with Crippen LogP contribution >= 0.6 is 0 Å². The van der Waals surface area contributed by atoms with Crippen LogP contribution in [0.4, 0.5) is 14.9 Å². The summed E-state index contributed by atoms with van der Waals surface area (Å²) in [5, 5.41) is 21.8. The van der Waals surface area contributed by atoms with Gasteiger partial charge in [-0.2, -0.15) is 0 Å². The second kappa shape index (κ2) is 5.97. The molecule has 0 spiro atoms. The maximum Gasteiger partial charge on any atom is 0.328 e. The molecule has 0 fully saturated rings. The van der Waals surface area contributed by atoms with E-state index in [4.69, 9.17) is 10.2 Å². The lowest BCUT2D eigenvalue weighted by Crippen LogP contribution is -2.45. The molecule has 4 N–H and O–H groups in total. The molecule has 0 aliphatic rings. The Morgan fingerprint density at radius 3 is 2.61 bits per heavy atom. The van der Waals surface area contributed by atoms with Gasteiger partial charge in [-0.05, 0) is 30.7 Å². The number of hydrogen-bond donors (Lipinski definition) is 4. The zero-order valence-electron chi connectivity index (χ0n) is 9.61. The summed E-state index contributed by atoms with van der Waals surface area (Å²) in [6, 6.07) is 1.59. The molecule has 0 heterocycles. The van der Waals surface area contributed by atoms with E-state index in [-0.39, 0.29) is 0 Å². The first kappa shape index (κ1) is 13.9. The van der Waals surface area contributed by atoms with Crippen molar-refractivity contribution < 1.29 is 24.2 Å². The molecule has 7 heteroatoms. The van der Waals surface area contributed by atoms with Crippen molar-refractivity contribution >= 4 is 17.7 Å². The molecule has 2 amide bonds. The van der Waals surface area contributed by atoms with E-state index in [1.807, 2.05) is 0 Å². The minimum atomic E-state index is -1.38. The van der Waals surface area contributed by atoms with Crippen molar-refractivity contribution in [3.05, 3.63) is 29.6 Å². The number of halogens is 1. The largest absolute Gasteiger partial charge is 0.480 e. The molecule has 0 saturated carbocycles.